The molecule has 2 heterocycles. The number of carbonyl (C=O) groups is 1. The maximum absolute atomic E-state index is 11.5. The number of benzene rings is 1. The predicted molar refractivity (Wildman–Crippen MR) is 102 cm³/mol. The lowest BCUT2D eigenvalue weighted by atomic mass is 9.86. The van der Waals surface area contributed by atoms with Gasteiger partial charge in [-0.25, -0.2) is 4.98 Å². The van der Waals surface area contributed by atoms with Crippen molar-refractivity contribution >= 4 is 17.4 Å². The van der Waals surface area contributed by atoms with Crippen LogP contribution < -0.4 is 16.4 Å². The SMILES string of the molecule is CC[C@@H]1C[C@H](CC(N)=O)c2nc(NCc3ccccc3)c(C)cc2N1. The minimum atomic E-state index is -0.270. The molecule has 1 aromatic carbocycles. The fourth-order valence-corrected chi connectivity index (χ4v) is 3.44. The number of hydrogen-bond acceptors (Lipinski definition) is 4. The molecule has 0 fully saturated rings. The number of anilines is 2. The van der Waals surface area contributed by atoms with Gasteiger partial charge in [0.2, 0.25) is 5.91 Å². The molecule has 0 unspecified atom stereocenters. The molecule has 5 heteroatoms. The van der Waals surface area contributed by atoms with Gasteiger partial charge in [0.15, 0.2) is 0 Å². The molecule has 1 aliphatic rings. The zero-order chi connectivity index (χ0) is 17.8. The number of fused-ring (bicyclic) bond motifs is 1. The Kier molecular flexibility index (Phi) is 5.22. The topological polar surface area (TPSA) is 80.0 Å². The number of nitrogens with one attached hydrogen (secondary N) is 2. The van der Waals surface area contributed by atoms with Crippen molar-refractivity contribution in [3.05, 3.63) is 53.2 Å². The molecular weight excluding hydrogens is 312 g/mol. The van der Waals surface area contributed by atoms with Gasteiger partial charge in [-0.05, 0) is 37.0 Å². The Hall–Kier alpha value is -2.56. The molecule has 2 aromatic rings. The third-order valence-electron chi connectivity index (χ3n) is 4.80. The average Bonchev–Trinajstić information content (AvgIpc) is 2.60. The Morgan fingerprint density at radius 2 is 2.12 bits per heavy atom. The summed E-state index contributed by atoms with van der Waals surface area (Å²) < 4.78 is 0. The van der Waals surface area contributed by atoms with Crippen molar-refractivity contribution in [2.45, 2.75) is 51.6 Å². The molecule has 3 rings (SSSR count). The molecule has 4 N–H and O–H groups in total. The van der Waals surface area contributed by atoms with E-state index in [4.69, 9.17) is 10.7 Å². The molecule has 0 radical (unpaired) electrons. The van der Waals surface area contributed by atoms with Crippen LogP contribution in [-0.2, 0) is 11.3 Å². The van der Waals surface area contributed by atoms with Crippen molar-refractivity contribution in [1.29, 1.82) is 0 Å². The fraction of sp³-hybridized carbons (Fsp3) is 0.400. The summed E-state index contributed by atoms with van der Waals surface area (Å²) in [6.07, 6.45) is 2.25. The van der Waals surface area contributed by atoms with Gasteiger partial charge >= 0.3 is 0 Å². The molecule has 132 valence electrons. The summed E-state index contributed by atoms with van der Waals surface area (Å²) in [5.41, 5.74) is 9.75. The summed E-state index contributed by atoms with van der Waals surface area (Å²) >= 11 is 0. The number of pyridine rings is 1. The summed E-state index contributed by atoms with van der Waals surface area (Å²) in [6, 6.07) is 12.7. The molecule has 0 aliphatic carbocycles. The van der Waals surface area contributed by atoms with E-state index in [2.05, 4.69) is 42.7 Å². The third kappa shape index (κ3) is 4.10. The molecule has 2 atom stereocenters. The van der Waals surface area contributed by atoms with Gasteiger partial charge < -0.3 is 16.4 Å². The number of carbonyl (C=O) groups excluding carboxylic acids is 1. The van der Waals surface area contributed by atoms with E-state index in [1.165, 1.54) is 5.56 Å². The van der Waals surface area contributed by atoms with E-state index < -0.39 is 0 Å². The van der Waals surface area contributed by atoms with E-state index in [0.717, 1.165) is 42.1 Å². The first-order chi connectivity index (χ1) is 12.1. The minimum Gasteiger partial charge on any atom is -0.381 e. The standard InChI is InChI=1S/C20H26N4O/c1-3-16-10-15(11-18(21)25)19-17(23-16)9-13(2)20(24-19)22-12-14-7-5-4-6-8-14/h4-9,15-16,23H,3,10-12H2,1-2H3,(H2,21,25)(H,22,24)/t15-,16-/m1/s1. The first kappa shape index (κ1) is 17.3. The van der Waals surface area contributed by atoms with Crippen LogP contribution in [0.15, 0.2) is 36.4 Å². The highest BCUT2D eigenvalue weighted by Crippen LogP contribution is 2.37. The molecule has 0 saturated carbocycles. The van der Waals surface area contributed by atoms with Crippen LogP contribution in [0.2, 0.25) is 0 Å². The summed E-state index contributed by atoms with van der Waals surface area (Å²) in [6.45, 7) is 4.93. The number of nitrogens with two attached hydrogens (primary N) is 1. The summed E-state index contributed by atoms with van der Waals surface area (Å²) in [5.74, 6) is 0.680. The molecule has 0 saturated heterocycles. The first-order valence-corrected chi connectivity index (χ1v) is 8.91. The number of hydrogen-bond donors (Lipinski definition) is 3. The van der Waals surface area contributed by atoms with Gasteiger partial charge in [0.25, 0.3) is 0 Å². The van der Waals surface area contributed by atoms with Gasteiger partial charge in [0.05, 0.1) is 11.4 Å². The van der Waals surface area contributed by atoms with E-state index in [-0.39, 0.29) is 11.8 Å². The Bertz CT molecular complexity index is 745. The van der Waals surface area contributed by atoms with Crippen molar-refractivity contribution in [2.75, 3.05) is 10.6 Å². The molecule has 25 heavy (non-hydrogen) atoms. The average molecular weight is 338 g/mol. The van der Waals surface area contributed by atoms with Crippen LogP contribution >= 0.6 is 0 Å². The summed E-state index contributed by atoms with van der Waals surface area (Å²) in [7, 11) is 0. The normalized spacial score (nSPS) is 19.0. The molecule has 1 amide bonds. The van der Waals surface area contributed by atoms with E-state index in [1.807, 2.05) is 18.2 Å². The van der Waals surface area contributed by atoms with Crippen molar-refractivity contribution in [3.8, 4) is 0 Å². The number of rotatable bonds is 6. The number of amides is 1. The highest BCUT2D eigenvalue weighted by atomic mass is 16.1. The largest absolute Gasteiger partial charge is 0.381 e. The van der Waals surface area contributed by atoms with Gasteiger partial charge in [-0.2, -0.15) is 0 Å². The van der Waals surface area contributed by atoms with E-state index in [0.29, 0.717) is 12.5 Å². The third-order valence-corrected chi connectivity index (χ3v) is 4.80. The van der Waals surface area contributed by atoms with Crippen molar-refractivity contribution < 1.29 is 4.79 Å². The lowest BCUT2D eigenvalue weighted by molar-refractivity contribution is -0.118. The maximum Gasteiger partial charge on any atom is 0.218 e. The predicted octanol–water partition coefficient (Wildman–Crippen LogP) is 3.56. The second-order valence-corrected chi connectivity index (χ2v) is 6.78. The minimum absolute atomic E-state index is 0.0802. The smallest absolute Gasteiger partial charge is 0.218 e. The van der Waals surface area contributed by atoms with Gasteiger partial charge in [0, 0.05) is 24.9 Å². The second kappa shape index (κ2) is 7.55. The summed E-state index contributed by atoms with van der Waals surface area (Å²) in [5, 5.41) is 6.97. The number of aromatic nitrogens is 1. The fourth-order valence-electron chi connectivity index (χ4n) is 3.44. The van der Waals surface area contributed by atoms with Gasteiger partial charge in [-0.15, -0.1) is 0 Å². The quantitative estimate of drug-likeness (QED) is 0.752. The van der Waals surface area contributed by atoms with Crippen LogP contribution in [0.3, 0.4) is 0 Å². The van der Waals surface area contributed by atoms with E-state index in [1.54, 1.807) is 0 Å². The van der Waals surface area contributed by atoms with Crippen molar-refractivity contribution in [3.63, 3.8) is 0 Å². The van der Waals surface area contributed by atoms with Crippen LogP contribution in [0.4, 0.5) is 11.5 Å². The van der Waals surface area contributed by atoms with Crippen LogP contribution in [0.25, 0.3) is 0 Å². The van der Waals surface area contributed by atoms with Gasteiger partial charge in [-0.1, -0.05) is 37.3 Å². The molecule has 0 spiro atoms. The van der Waals surface area contributed by atoms with Crippen molar-refractivity contribution in [2.24, 2.45) is 5.73 Å². The lowest BCUT2D eigenvalue weighted by Gasteiger charge is -2.32. The molecule has 0 bridgehead atoms. The van der Waals surface area contributed by atoms with Crippen LogP contribution in [-0.4, -0.2) is 16.9 Å². The number of aryl methyl sites for hydroxylation is 1. The highest BCUT2D eigenvalue weighted by Gasteiger charge is 2.29. The van der Waals surface area contributed by atoms with Crippen LogP contribution in [0.1, 0.15) is 48.9 Å². The molecule has 1 aromatic heterocycles. The van der Waals surface area contributed by atoms with Crippen LogP contribution in [0, 0.1) is 6.92 Å². The van der Waals surface area contributed by atoms with E-state index in [9.17, 15) is 4.79 Å². The summed E-state index contributed by atoms with van der Waals surface area (Å²) in [4.78, 5) is 16.3. The zero-order valence-electron chi connectivity index (χ0n) is 14.9. The Morgan fingerprint density at radius 3 is 2.80 bits per heavy atom. The monoisotopic (exact) mass is 338 g/mol. The Labute approximate surface area is 149 Å². The highest BCUT2D eigenvalue weighted by molar-refractivity contribution is 5.75. The Morgan fingerprint density at radius 1 is 1.36 bits per heavy atom. The number of nitrogens with zero attached hydrogens (tertiary/aromatic N) is 1. The van der Waals surface area contributed by atoms with Gasteiger partial charge in [-0.3, -0.25) is 4.79 Å². The number of primary amides is 1. The second-order valence-electron chi connectivity index (χ2n) is 6.78. The van der Waals surface area contributed by atoms with Gasteiger partial charge in [0.1, 0.15) is 5.82 Å². The molecular formula is C20H26N4O. The maximum atomic E-state index is 11.5. The zero-order valence-corrected chi connectivity index (χ0v) is 14.9. The first-order valence-electron chi connectivity index (χ1n) is 8.91. The molecule has 1 aliphatic heterocycles. The van der Waals surface area contributed by atoms with Crippen molar-refractivity contribution in [1.82, 2.24) is 4.98 Å². The van der Waals surface area contributed by atoms with E-state index >= 15 is 0 Å². The lowest BCUT2D eigenvalue weighted by Crippen LogP contribution is -2.31. The van der Waals surface area contributed by atoms with Crippen LogP contribution in [0.5, 0.6) is 0 Å². The molecule has 5 nitrogen and oxygen atoms in total. The Balaban J connectivity index is 1.85.